The van der Waals surface area contributed by atoms with Crippen molar-refractivity contribution in [1.82, 2.24) is 24.8 Å². The number of nitrogens with zero attached hydrogens (tertiary/aromatic N) is 4. The van der Waals surface area contributed by atoms with Gasteiger partial charge in [-0.05, 0) is 30.3 Å². The van der Waals surface area contributed by atoms with E-state index in [9.17, 15) is 4.79 Å². The van der Waals surface area contributed by atoms with Crippen LogP contribution in [0.2, 0.25) is 0 Å². The molecule has 7 nitrogen and oxygen atoms in total. The van der Waals surface area contributed by atoms with Crippen LogP contribution in [-0.4, -0.2) is 44.8 Å². The number of anilines is 2. The summed E-state index contributed by atoms with van der Waals surface area (Å²) < 4.78 is 0. The van der Waals surface area contributed by atoms with Gasteiger partial charge < -0.3 is 15.2 Å². The Labute approximate surface area is 166 Å². The van der Waals surface area contributed by atoms with Gasteiger partial charge in [-0.3, -0.25) is 14.8 Å². The number of hydrogen-bond acceptors (Lipinski definition) is 5. The minimum atomic E-state index is -0.0447. The number of nitrogens with one attached hydrogen (secondary N) is 2. The number of aromatic amines is 1. The molecule has 5 rings (SSSR count). The monoisotopic (exact) mass is 382 g/mol. The normalized spacial score (nSPS) is 11.2. The van der Waals surface area contributed by atoms with Crippen molar-refractivity contribution in [3.05, 3.63) is 66.7 Å². The number of hydrogen-bond donors (Lipinski definition) is 2. The van der Waals surface area contributed by atoms with Gasteiger partial charge in [-0.25, -0.2) is 4.98 Å². The zero-order valence-electron chi connectivity index (χ0n) is 16.0. The third kappa shape index (κ3) is 2.84. The van der Waals surface area contributed by atoms with Crippen molar-refractivity contribution in [1.29, 1.82) is 0 Å². The molecule has 29 heavy (non-hydrogen) atoms. The molecule has 0 saturated carbocycles. The first kappa shape index (κ1) is 17.1. The van der Waals surface area contributed by atoms with Crippen molar-refractivity contribution >= 4 is 50.1 Å². The summed E-state index contributed by atoms with van der Waals surface area (Å²) >= 11 is 0. The van der Waals surface area contributed by atoms with Crippen LogP contribution in [0.5, 0.6) is 0 Å². The molecule has 0 aliphatic heterocycles. The second kappa shape index (κ2) is 6.56. The van der Waals surface area contributed by atoms with Crippen molar-refractivity contribution in [2.45, 2.75) is 0 Å². The van der Waals surface area contributed by atoms with E-state index >= 15 is 0 Å². The van der Waals surface area contributed by atoms with Crippen LogP contribution in [0.25, 0.3) is 32.8 Å². The third-order valence-electron chi connectivity index (χ3n) is 4.91. The van der Waals surface area contributed by atoms with Gasteiger partial charge in [0.15, 0.2) is 0 Å². The third-order valence-corrected chi connectivity index (χ3v) is 4.91. The van der Waals surface area contributed by atoms with E-state index < -0.39 is 0 Å². The first-order valence-corrected chi connectivity index (χ1v) is 9.19. The standard InChI is InChI=1S/C22H18N6O/c1-28(2)22(29)13-4-3-5-14(10-13)25-19-15-11-23-8-6-17(15)26-20-16-12-24-9-7-18(16)27-21(19)20/h3-12,27H,1-2H3,(H,25,26). The predicted molar refractivity (Wildman–Crippen MR) is 114 cm³/mol. The molecule has 2 N–H and O–H groups in total. The van der Waals surface area contributed by atoms with Crippen LogP contribution in [0.15, 0.2) is 61.2 Å². The minimum absolute atomic E-state index is 0.0447. The van der Waals surface area contributed by atoms with Gasteiger partial charge in [-0.2, -0.15) is 0 Å². The van der Waals surface area contributed by atoms with E-state index in [0.717, 1.165) is 44.2 Å². The zero-order chi connectivity index (χ0) is 20.0. The summed E-state index contributed by atoms with van der Waals surface area (Å²) in [6, 6.07) is 11.3. The van der Waals surface area contributed by atoms with Crippen LogP contribution >= 0.6 is 0 Å². The number of carbonyl (C=O) groups excluding carboxylic acids is 1. The summed E-state index contributed by atoms with van der Waals surface area (Å²) in [5, 5.41) is 5.33. The molecule has 0 bridgehead atoms. The molecule has 142 valence electrons. The summed E-state index contributed by atoms with van der Waals surface area (Å²) in [4.78, 5) is 30.7. The lowest BCUT2D eigenvalue weighted by Gasteiger charge is -2.14. The summed E-state index contributed by atoms with van der Waals surface area (Å²) in [6.07, 6.45) is 7.09. The highest BCUT2D eigenvalue weighted by Crippen LogP contribution is 2.35. The number of fused-ring (bicyclic) bond motifs is 4. The number of carbonyl (C=O) groups is 1. The van der Waals surface area contributed by atoms with E-state index in [-0.39, 0.29) is 5.91 Å². The quantitative estimate of drug-likeness (QED) is 0.490. The number of benzene rings is 1. The van der Waals surface area contributed by atoms with Crippen LogP contribution < -0.4 is 5.32 Å². The van der Waals surface area contributed by atoms with Gasteiger partial charge in [0.25, 0.3) is 5.91 Å². The average Bonchev–Trinajstić information content (AvgIpc) is 3.12. The molecule has 0 spiro atoms. The maximum atomic E-state index is 12.4. The van der Waals surface area contributed by atoms with Crippen LogP contribution in [0.3, 0.4) is 0 Å². The van der Waals surface area contributed by atoms with Gasteiger partial charge in [0.2, 0.25) is 0 Å². The summed E-state index contributed by atoms with van der Waals surface area (Å²) in [7, 11) is 3.49. The number of pyridine rings is 3. The molecule has 1 amide bonds. The molecular weight excluding hydrogens is 364 g/mol. The Hall–Kier alpha value is -4.00. The Balaban J connectivity index is 1.73. The predicted octanol–water partition coefficient (Wildman–Crippen LogP) is 4.10. The smallest absolute Gasteiger partial charge is 0.253 e. The Morgan fingerprint density at radius 2 is 1.83 bits per heavy atom. The van der Waals surface area contributed by atoms with Gasteiger partial charge in [0.05, 0.1) is 22.2 Å². The molecule has 4 aromatic heterocycles. The fraction of sp³-hybridized carbons (Fsp3) is 0.0909. The van der Waals surface area contributed by atoms with Gasteiger partial charge in [-0.1, -0.05) is 6.07 Å². The second-order valence-corrected chi connectivity index (χ2v) is 7.05. The van der Waals surface area contributed by atoms with E-state index in [1.807, 2.05) is 42.6 Å². The van der Waals surface area contributed by atoms with E-state index in [0.29, 0.717) is 5.56 Å². The molecule has 0 unspecified atom stereocenters. The van der Waals surface area contributed by atoms with Crippen molar-refractivity contribution in [2.24, 2.45) is 0 Å². The Morgan fingerprint density at radius 1 is 1.03 bits per heavy atom. The summed E-state index contributed by atoms with van der Waals surface area (Å²) in [6.45, 7) is 0. The molecule has 4 heterocycles. The van der Waals surface area contributed by atoms with Crippen molar-refractivity contribution < 1.29 is 4.79 Å². The number of H-pyrrole nitrogens is 1. The van der Waals surface area contributed by atoms with E-state index in [2.05, 4.69) is 20.3 Å². The lowest BCUT2D eigenvalue weighted by Crippen LogP contribution is -2.21. The second-order valence-electron chi connectivity index (χ2n) is 7.05. The summed E-state index contributed by atoms with van der Waals surface area (Å²) in [5.41, 5.74) is 5.81. The molecular formula is C22H18N6O. The van der Waals surface area contributed by atoms with Gasteiger partial charge >= 0.3 is 0 Å². The average molecular weight is 382 g/mol. The summed E-state index contributed by atoms with van der Waals surface area (Å²) in [5.74, 6) is -0.0447. The maximum Gasteiger partial charge on any atom is 0.253 e. The van der Waals surface area contributed by atoms with E-state index in [4.69, 9.17) is 4.98 Å². The Morgan fingerprint density at radius 3 is 2.66 bits per heavy atom. The van der Waals surface area contributed by atoms with Crippen molar-refractivity contribution in [3.63, 3.8) is 0 Å². The molecule has 0 aliphatic rings. The van der Waals surface area contributed by atoms with Gasteiger partial charge in [0.1, 0.15) is 5.52 Å². The maximum absolute atomic E-state index is 12.4. The molecule has 0 radical (unpaired) electrons. The SMILES string of the molecule is CN(C)C(=O)c1cccc(Nc2c3cnccc3nc3c2[nH]c2ccncc23)c1. The molecule has 7 heteroatoms. The number of amides is 1. The lowest BCUT2D eigenvalue weighted by molar-refractivity contribution is 0.0827. The largest absolute Gasteiger partial charge is 0.353 e. The molecule has 0 atom stereocenters. The van der Waals surface area contributed by atoms with Crippen LogP contribution in [-0.2, 0) is 0 Å². The number of aromatic nitrogens is 4. The highest BCUT2D eigenvalue weighted by Gasteiger charge is 2.15. The van der Waals surface area contributed by atoms with Crippen LogP contribution in [0.4, 0.5) is 11.4 Å². The number of rotatable bonds is 3. The first-order chi connectivity index (χ1) is 14.1. The molecule has 0 saturated heterocycles. The molecule has 1 aromatic carbocycles. The lowest BCUT2D eigenvalue weighted by atomic mass is 10.1. The molecule has 0 aliphatic carbocycles. The first-order valence-electron chi connectivity index (χ1n) is 9.19. The fourth-order valence-corrected chi connectivity index (χ4v) is 3.51. The van der Waals surface area contributed by atoms with Crippen LogP contribution in [0.1, 0.15) is 10.4 Å². The Bertz CT molecular complexity index is 1390. The van der Waals surface area contributed by atoms with E-state index in [1.165, 1.54) is 0 Å². The van der Waals surface area contributed by atoms with Crippen LogP contribution in [0, 0.1) is 0 Å². The highest BCUT2D eigenvalue weighted by atomic mass is 16.2. The van der Waals surface area contributed by atoms with E-state index in [1.54, 1.807) is 37.6 Å². The van der Waals surface area contributed by atoms with Gasteiger partial charge in [0, 0.05) is 60.9 Å². The van der Waals surface area contributed by atoms with Crippen molar-refractivity contribution in [3.8, 4) is 0 Å². The zero-order valence-corrected chi connectivity index (χ0v) is 16.0. The van der Waals surface area contributed by atoms with Crippen molar-refractivity contribution in [2.75, 3.05) is 19.4 Å². The highest BCUT2D eigenvalue weighted by molar-refractivity contribution is 6.16. The van der Waals surface area contributed by atoms with Gasteiger partial charge in [-0.15, -0.1) is 0 Å². The molecule has 5 aromatic rings. The topological polar surface area (TPSA) is 86.8 Å². The molecule has 0 fully saturated rings. The fourth-order valence-electron chi connectivity index (χ4n) is 3.51. The Kier molecular flexibility index (Phi) is 3.87. The minimum Gasteiger partial charge on any atom is -0.353 e.